The molecule has 6 heteroatoms. The molecule has 0 spiro atoms. The first kappa shape index (κ1) is 19.9. The Kier molecular flexibility index (Phi) is 6.84. The molecular formula is C23H23N3O3. The van der Waals surface area contributed by atoms with Crippen LogP contribution in [0.15, 0.2) is 84.0 Å². The van der Waals surface area contributed by atoms with Gasteiger partial charge in [0.05, 0.1) is 13.3 Å². The number of rotatable bonds is 8. The Hall–Kier alpha value is -3.80. The van der Waals surface area contributed by atoms with Gasteiger partial charge in [-0.05, 0) is 61.0 Å². The Morgan fingerprint density at radius 1 is 0.931 bits per heavy atom. The van der Waals surface area contributed by atoms with E-state index < -0.39 is 6.04 Å². The second kappa shape index (κ2) is 9.94. The summed E-state index contributed by atoms with van der Waals surface area (Å²) in [5.74, 6) is 1.97. The largest absolute Gasteiger partial charge is 0.497 e. The molecule has 0 radical (unpaired) electrons. The zero-order chi connectivity index (χ0) is 20.5. The fraction of sp³-hybridized carbons (Fsp3) is 0.130. The van der Waals surface area contributed by atoms with Gasteiger partial charge in [0.2, 0.25) is 0 Å². The van der Waals surface area contributed by atoms with Gasteiger partial charge in [0.1, 0.15) is 23.3 Å². The van der Waals surface area contributed by atoms with Crippen LogP contribution in [0.25, 0.3) is 0 Å². The normalized spacial score (nSPS) is 11.7. The summed E-state index contributed by atoms with van der Waals surface area (Å²) >= 11 is 0. The molecule has 1 atom stereocenters. The average Bonchev–Trinajstić information content (AvgIpc) is 2.75. The lowest BCUT2D eigenvalue weighted by Gasteiger charge is -2.13. The molecule has 3 rings (SSSR count). The van der Waals surface area contributed by atoms with Gasteiger partial charge in [-0.1, -0.05) is 30.3 Å². The third kappa shape index (κ3) is 6.10. The van der Waals surface area contributed by atoms with E-state index in [0.29, 0.717) is 5.75 Å². The van der Waals surface area contributed by atoms with Gasteiger partial charge in [0, 0.05) is 5.69 Å². The van der Waals surface area contributed by atoms with E-state index >= 15 is 0 Å². The van der Waals surface area contributed by atoms with E-state index in [4.69, 9.17) is 9.47 Å². The molecule has 0 saturated heterocycles. The summed E-state index contributed by atoms with van der Waals surface area (Å²) in [6.07, 6.45) is 1.58. The lowest BCUT2D eigenvalue weighted by molar-refractivity contribution is -0.121. The molecule has 0 fully saturated rings. The number of benzene rings is 3. The summed E-state index contributed by atoms with van der Waals surface area (Å²) in [6.45, 7) is 1.77. The molecule has 0 unspecified atom stereocenters. The number of carbonyl (C=O) groups is 1. The van der Waals surface area contributed by atoms with Crippen LogP contribution in [0, 0.1) is 0 Å². The Bertz CT molecular complexity index is 957. The van der Waals surface area contributed by atoms with Crippen molar-refractivity contribution in [2.24, 2.45) is 5.10 Å². The summed E-state index contributed by atoms with van der Waals surface area (Å²) < 4.78 is 10.9. The zero-order valence-electron chi connectivity index (χ0n) is 16.3. The lowest BCUT2D eigenvalue weighted by atomic mass is 10.2. The number of ether oxygens (including phenoxy) is 2. The monoisotopic (exact) mass is 389 g/mol. The van der Waals surface area contributed by atoms with Gasteiger partial charge in [0.25, 0.3) is 5.91 Å². The summed E-state index contributed by atoms with van der Waals surface area (Å²) in [5, 5.41) is 7.16. The first-order valence-corrected chi connectivity index (χ1v) is 9.20. The van der Waals surface area contributed by atoms with E-state index in [0.717, 1.165) is 22.7 Å². The van der Waals surface area contributed by atoms with Crippen molar-refractivity contribution in [1.29, 1.82) is 0 Å². The van der Waals surface area contributed by atoms with E-state index in [-0.39, 0.29) is 5.91 Å². The van der Waals surface area contributed by atoms with Crippen LogP contribution in [-0.4, -0.2) is 25.3 Å². The van der Waals surface area contributed by atoms with Crippen LogP contribution in [-0.2, 0) is 4.79 Å². The number of hydrazone groups is 1. The van der Waals surface area contributed by atoms with Crippen LogP contribution in [0.2, 0.25) is 0 Å². The van der Waals surface area contributed by atoms with Crippen molar-refractivity contribution in [3.05, 3.63) is 84.4 Å². The first-order chi connectivity index (χ1) is 14.1. The molecule has 148 valence electrons. The number of methoxy groups -OCH3 is 1. The summed E-state index contributed by atoms with van der Waals surface area (Å²) in [6, 6.07) is 23.9. The topological polar surface area (TPSA) is 72.0 Å². The van der Waals surface area contributed by atoms with Crippen LogP contribution in [0.4, 0.5) is 5.69 Å². The van der Waals surface area contributed by atoms with Gasteiger partial charge in [-0.15, -0.1) is 0 Å². The smallest absolute Gasteiger partial charge is 0.262 e. The first-order valence-electron chi connectivity index (χ1n) is 9.20. The van der Waals surface area contributed by atoms with Gasteiger partial charge in [-0.2, -0.15) is 5.10 Å². The third-order valence-electron chi connectivity index (χ3n) is 4.09. The zero-order valence-corrected chi connectivity index (χ0v) is 16.3. The fourth-order valence-corrected chi connectivity index (χ4v) is 2.55. The second-order valence-corrected chi connectivity index (χ2v) is 6.32. The maximum atomic E-state index is 12.2. The SMILES string of the molecule is COc1ccc(N[C@H](C)C(=O)N/N=C\c2cccc(Oc3ccccc3)c2)cc1. The molecular weight excluding hydrogens is 366 g/mol. The molecule has 0 saturated carbocycles. The highest BCUT2D eigenvalue weighted by atomic mass is 16.5. The molecule has 0 aromatic heterocycles. The minimum atomic E-state index is -0.451. The highest BCUT2D eigenvalue weighted by Crippen LogP contribution is 2.21. The number of anilines is 1. The number of amides is 1. The predicted octanol–water partition coefficient (Wildman–Crippen LogP) is 4.44. The highest BCUT2D eigenvalue weighted by Gasteiger charge is 2.11. The molecule has 29 heavy (non-hydrogen) atoms. The minimum Gasteiger partial charge on any atom is -0.497 e. The Balaban J connectivity index is 1.53. The van der Waals surface area contributed by atoms with Crippen LogP contribution in [0.5, 0.6) is 17.2 Å². The van der Waals surface area contributed by atoms with Crippen molar-refractivity contribution < 1.29 is 14.3 Å². The Morgan fingerprint density at radius 2 is 1.66 bits per heavy atom. The molecule has 0 aliphatic carbocycles. The molecule has 0 heterocycles. The van der Waals surface area contributed by atoms with E-state index in [9.17, 15) is 4.79 Å². The van der Waals surface area contributed by atoms with Crippen LogP contribution >= 0.6 is 0 Å². The van der Waals surface area contributed by atoms with E-state index in [1.807, 2.05) is 78.9 Å². The van der Waals surface area contributed by atoms with Crippen molar-refractivity contribution in [3.8, 4) is 17.2 Å². The number of carbonyl (C=O) groups excluding carboxylic acids is 1. The molecule has 6 nitrogen and oxygen atoms in total. The highest BCUT2D eigenvalue weighted by molar-refractivity contribution is 5.86. The molecule has 2 N–H and O–H groups in total. The van der Waals surface area contributed by atoms with Crippen molar-refractivity contribution in [2.45, 2.75) is 13.0 Å². The van der Waals surface area contributed by atoms with E-state index in [1.54, 1.807) is 20.2 Å². The van der Waals surface area contributed by atoms with E-state index in [1.165, 1.54) is 0 Å². The van der Waals surface area contributed by atoms with E-state index in [2.05, 4.69) is 15.8 Å². The van der Waals surface area contributed by atoms with Crippen molar-refractivity contribution >= 4 is 17.8 Å². The van der Waals surface area contributed by atoms with Gasteiger partial charge in [0.15, 0.2) is 0 Å². The summed E-state index contributed by atoms with van der Waals surface area (Å²) in [7, 11) is 1.61. The molecule has 0 aliphatic heterocycles. The molecule has 0 aliphatic rings. The number of nitrogens with zero attached hydrogens (tertiary/aromatic N) is 1. The fourth-order valence-electron chi connectivity index (χ4n) is 2.55. The van der Waals surface area contributed by atoms with Crippen LogP contribution in [0.3, 0.4) is 0 Å². The van der Waals surface area contributed by atoms with Gasteiger partial charge in [-0.3, -0.25) is 4.79 Å². The molecule has 1 amide bonds. The summed E-state index contributed by atoms with van der Waals surface area (Å²) in [4.78, 5) is 12.2. The number of hydrogen-bond acceptors (Lipinski definition) is 5. The average molecular weight is 389 g/mol. The Labute approximate surface area is 170 Å². The maximum Gasteiger partial charge on any atom is 0.262 e. The lowest BCUT2D eigenvalue weighted by Crippen LogP contribution is -2.34. The van der Waals surface area contributed by atoms with Gasteiger partial charge < -0.3 is 14.8 Å². The van der Waals surface area contributed by atoms with Crippen molar-refractivity contribution in [2.75, 3.05) is 12.4 Å². The number of hydrogen-bond donors (Lipinski definition) is 2. The van der Waals surface area contributed by atoms with Crippen LogP contribution in [0.1, 0.15) is 12.5 Å². The quantitative estimate of drug-likeness (QED) is 0.441. The van der Waals surface area contributed by atoms with Gasteiger partial charge >= 0.3 is 0 Å². The molecule has 3 aromatic carbocycles. The predicted molar refractivity (Wildman–Crippen MR) is 115 cm³/mol. The maximum absolute atomic E-state index is 12.2. The van der Waals surface area contributed by atoms with Crippen LogP contribution < -0.4 is 20.2 Å². The number of nitrogens with one attached hydrogen (secondary N) is 2. The van der Waals surface area contributed by atoms with Crippen molar-refractivity contribution in [3.63, 3.8) is 0 Å². The van der Waals surface area contributed by atoms with Crippen molar-refractivity contribution in [1.82, 2.24) is 5.43 Å². The third-order valence-corrected chi connectivity index (χ3v) is 4.09. The second-order valence-electron chi connectivity index (χ2n) is 6.32. The van der Waals surface area contributed by atoms with Gasteiger partial charge in [-0.25, -0.2) is 5.43 Å². The Morgan fingerprint density at radius 3 is 2.38 bits per heavy atom. The standard InChI is InChI=1S/C23H23N3O3/c1-17(25-19-11-13-20(28-2)14-12-19)23(27)26-24-16-18-7-6-10-22(15-18)29-21-8-4-3-5-9-21/h3-17,25H,1-2H3,(H,26,27)/b24-16-/t17-/m1/s1. The number of para-hydroxylation sites is 1. The summed E-state index contributed by atoms with van der Waals surface area (Å²) in [5.41, 5.74) is 4.18. The molecule has 3 aromatic rings. The minimum absolute atomic E-state index is 0.242. The molecule has 0 bridgehead atoms.